The zero-order valence-electron chi connectivity index (χ0n) is 15.6. The Morgan fingerprint density at radius 2 is 2.16 bits per heavy atom. The van der Waals surface area contributed by atoms with Gasteiger partial charge >= 0.3 is 0 Å². The Bertz CT molecular complexity index is 656. The van der Waals surface area contributed by atoms with Crippen molar-refractivity contribution in [2.75, 3.05) is 6.54 Å². The third kappa shape index (κ3) is 3.42. The molecule has 0 unspecified atom stereocenters. The Kier molecular flexibility index (Phi) is 5.13. The van der Waals surface area contributed by atoms with E-state index in [1.54, 1.807) is 4.90 Å². The summed E-state index contributed by atoms with van der Waals surface area (Å²) in [6.45, 7) is 10.3. The van der Waals surface area contributed by atoms with Crippen molar-refractivity contribution in [3.8, 4) is 0 Å². The lowest BCUT2D eigenvalue weighted by atomic mass is 9.95. The van der Waals surface area contributed by atoms with Gasteiger partial charge in [0.25, 0.3) is 0 Å². The van der Waals surface area contributed by atoms with E-state index >= 15 is 0 Å². The quantitative estimate of drug-likeness (QED) is 0.798. The second-order valence-electron chi connectivity index (χ2n) is 7.29. The van der Waals surface area contributed by atoms with Crippen molar-refractivity contribution in [2.24, 2.45) is 5.92 Å². The highest BCUT2D eigenvalue weighted by Gasteiger charge is 2.47. The van der Waals surface area contributed by atoms with Crippen molar-refractivity contribution >= 4 is 11.8 Å². The van der Waals surface area contributed by atoms with Crippen molar-refractivity contribution in [1.82, 2.24) is 25.3 Å². The van der Waals surface area contributed by atoms with Gasteiger partial charge in [-0.1, -0.05) is 20.3 Å². The smallest absolute Gasteiger partial charge is 0.246 e. The molecule has 138 valence electrons. The van der Waals surface area contributed by atoms with Crippen molar-refractivity contribution in [1.29, 1.82) is 0 Å². The van der Waals surface area contributed by atoms with Gasteiger partial charge in [0.15, 0.2) is 0 Å². The molecule has 25 heavy (non-hydrogen) atoms. The SMILES string of the molecule is CC[C@H](C)[C@@H]1NC(=O)[C@@H]2C[C@H](NCc3cn(CC)nc3C)CN2C1=O. The third-order valence-corrected chi connectivity index (χ3v) is 5.62. The van der Waals surface area contributed by atoms with Gasteiger partial charge < -0.3 is 15.5 Å². The Hall–Kier alpha value is -1.89. The van der Waals surface area contributed by atoms with Gasteiger partial charge in [-0.2, -0.15) is 5.10 Å². The second-order valence-corrected chi connectivity index (χ2v) is 7.29. The largest absolute Gasteiger partial charge is 0.342 e. The monoisotopic (exact) mass is 347 g/mol. The summed E-state index contributed by atoms with van der Waals surface area (Å²) in [5, 5.41) is 10.9. The molecule has 2 fully saturated rings. The maximum Gasteiger partial charge on any atom is 0.246 e. The summed E-state index contributed by atoms with van der Waals surface area (Å²) in [5.74, 6) is 0.217. The molecule has 0 aromatic carbocycles. The van der Waals surface area contributed by atoms with Gasteiger partial charge in [-0.05, 0) is 26.2 Å². The highest BCUT2D eigenvalue weighted by Crippen LogP contribution is 2.26. The summed E-state index contributed by atoms with van der Waals surface area (Å²) in [6.07, 6.45) is 3.60. The van der Waals surface area contributed by atoms with E-state index in [1.807, 2.05) is 25.5 Å². The van der Waals surface area contributed by atoms with E-state index < -0.39 is 0 Å². The van der Waals surface area contributed by atoms with Crippen LogP contribution in [-0.2, 0) is 22.7 Å². The number of nitrogens with zero attached hydrogens (tertiary/aromatic N) is 3. The molecular formula is C18H29N5O2. The molecule has 2 N–H and O–H groups in total. The van der Waals surface area contributed by atoms with Gasteiger partial charge in [0.2, 0.25) is 11.8 Å². The van der Waals surface area contributed by atoms with Crippen LogP contribution in [0, 0.1) is 12.8 Å². The average molecular weight is 347 g/mol. The molecule has 7 nitrogen and oxygen atoms in total. The maximum absolute atomic E-state index is 12.7. The number of aryl methyl sites for hydroxylation is 2. The number of hydrogen-bond acceptors (Lipinski definition) is 4. The summed E-state index contributed by atoms with van der Waals surface area (Å²) in [5.41, 5.74) is 2.19. The van der Waals surface area contributed by atoms with E-state index in [0.29, 0.717) is 19.5 Å². The average Bonchev–Trinajstić information content (AvgIpc) is 3.19. The van der Waals surface area contributed by atoms with E-state index in [4.69, 9.17) is 0 Å². The summed E-state index contributed by atoms with van der Waals surface area (Å²) >= 11 is 0. The van der Waals surface area contributed by atoms with Crippen LogP contribution in [0.15, 0.2) is 6.20 Å². The van der Waals surface area contributed by atoms with Crippen molar-refractivity contribution in [2.45, 2.75) is 71.8 Å². The molecule has 0 saturated carbocycles. The fourth-order valence-electron chi connectivity index (χ4n) is 3.74. The normalized spacial score (nSPS) is 27.4. The fourth-order valence-corrected chi connectivity index (χ4v) is 3.74. The van der Waals surface area contributed by atoms with Gasteiger partial charge in [0.05, 0.1) is 5.69 Å². The number of carbonyl (C=O) groups excluding carboxylic acids is 2. The molecule has 3 rings (SSSR count). The second kappa shape index (κ2) is 7.15. The number of rotatable bonds is 6. The first-order chi connectivity index (χ1) is 11.9. The number of carbonyl (C=O) groups is 2. The van der Waals surface area contributed by atoms with E-state index in [1.165, 1.54) is 5.56 Å². The molecule has 2 aliphatic rings. The van der Waals surface area contributed by atoms with Crippen LogP contribution in [0.1, 0.15) is 44.9 Å². The molecule has 0 bridgehead atoms. The Morgan fingerprint density at radius 1 is 1.40 bits per heavy atom. The van der Waals surface area contributed by atoms with Crippen LogP contribution in [0.5, 0.6) is 0 Å². The molecule has 2 saturated heterocycles. The fraction of sp³-hybridized carbons (Fsp3) is 0.722. The van der Waals surface area contributed by atoms with E-state index in [9.17, 15) is 9.59 Å². The molecule has 1 aromatic rings. The molecule has 2 aliphatic heterocycles. The summed E-state index contributed by atoms with van der Waals surface area (Å²) < 4.78 is 1.93. The summed E-state index contributed by atoms with van der Waals surface area (Å²) in [7, 11) is 0. The lowest BCUT2D eigenvalue weighted by Crippen LogP contribution is -2.62. The number of hydrogen-bond donors (Lipinski definition) is 2. The zero-order valence-corrected chi connectivity index (χ0v) is 15.6. The zero-order chi connectivity index (χ0) is 18.1. The lowest BCUT2D eigenvalue weighted by Gasteiger charge is -2.36. The first-order valence-electron chi connectivity index (χ1n) is 9.31. The number of nitrogens with one attached hydrogen (secondary N) is 2. The van der Waals surface area contributed by atoms with Crippen molar-refractivity contribution in [3.63, 3.8) is 0 Å². The lowest BCUT2D eigenvalue weighted by molar-refractivity contribution is -0.148. The number of piperazine rings is 1. The van der Waals surface area contributed by atoms with E-state index in [-0.39, 0.29) is 35.9 Å². The first-order valence-corrected chi connectivity index (χ1v) is 9.31. The number of fused-ring (bicyclic) bond motifs is 1. The topological polar surface area (TPSA) is 79.3 Å². The van der Waals surface area contributed by atoms with Gasteiger partial charge in [0.1, 0.15) is 12.1 Å². The number of aromatic nitrogens is 2. The minimum absolute atomic E-state index is 0.0100. The molecular weight excluding hydrogens is 318 g/mol. The minimum atomic E-state index is -0.377. The molecule has 3 heterocycles. The van der Waals surface area contributed by atoms with Crippen molar-refractivity contribution < 1.29 is 9.59 Å². The molecule has 0 spiro atoms. The van der Waals surface area contributed by atoms with Gasteiger partial charge in [0, 0.05) is 37.4 Å². The van der Waals surface area contributed by atoms with Crippen LogP contribution in [0.25, 0.3) is 0 Å². The van der Waals surface area contributed by atoms with E-state index in [0.717, 1.165) is 18.7 Å². The third-order valence-electron chi connectivity index (χ3n) is 5.62. The Morgan fingerprint density at radius 3 is 2.80 bits per heavy atom. The molecule has 1 aromatic heterocycles. The van der Waals surface area contributed by atoms with Crippen LogP contribution < -0.4 is 10.6 Å². The summed E-state index contributed by atoms with van der Waals surface area (Å²) in [4.78, 5) is 26.9. The van der Waals surface area contributed by atoms with Crippen molar-refractivity contribution in [3.05, 3.63) is 17.5 Å². The van der Waals surface area contributed by atoms with E-state index in [2.05, 4.69) is 28.9 Å². The van der Waals surface area contributed by atoms with Crippen LogP contribution in [0.3, 0.4) is 0 Å². The highest BCUT2D eigenvalue weighted by atomic mass is 16.2. The molecule has 7 heteroatoms. The van der Waals surface area contributed by atoms with Crippen LogP contribution >= 0.6 is 0 Å². The van der Waals surface area contributed by atoms with Crippen LogP contribution in [0.4, 0.5) is 0 Å². The van der Waals surface area contributed by atoms with Gasteiger partial charge in [-0.25, -0.2) is 0 Å². The predicted octanol–water partition coefficient (Wildman–Crippen LogP) is 0.815. The first kappa shape index (κ1) is 17.9. The minimum Gasteiger partial charge on any atom is -0.342 e. The molecule has 2 amide bonds. The van der Waals surface area contributed by atoms with Gasteiger partial charge in [-0.3, -0.25) is 14.3 Å². The standard InChI is InChI=1S/C18H29N5O2/c1-5-11(3)16-18(25)23-10-14(7-15(23)17(24)20-16)19-8-13-9-22(6-2)21-12(13)4/h9,11,14-16,19H,5-8,10H2,1-4H3,(H,20,24)/t11-,14-,15-,16-/m0/s1. The maximum atomic E-state index is 12.7. The molecule has 0 radical (unpaired) electrons. The molecule has 0 aliphatic carbocycles. The summed E-state index contributed by atoms with van der Waals surface area (Å²) in [6, 6.07) is -0.568. The van der Waals surface area contributed by atoms with Gasteiger partial charge in [-0.15, -0.1) is 0 Å². The molecule has 4 atom stereocenters. The number of amides is 2. The predicted molar refractivity (Wildman–Crippen MR) is 94.8 cm³/mol. The highest BCUT2D eigenvalue weighted by molar-refractivity contribution is 5.97. The Labute approximate surface area is 149 Å². The van der Waals surface area contributed by atoms with Crippen LogP contribution in [-0.4, -0.2) is 51.2 Å². The van der Waals surface area contributed by atoms with Crippen LogP contribution in [0.2, 0.25) is 0 Å². The Balaban J connectivity index is 1.63.